The van der Waals surface area contributed by atoms with Crippen LogP contribution in [0.15, 0.2) is 0 Å². The van der Waals surface area contributed by atoms with Gasteiger partial charge in [0.25, 0.3) is 0 Å². The Hall–Kier alpha value is -0.610. The number of nitrogens with one attached hydrogen (secondary N) is 1. The van der Waals surface area contributed by atoms with Crippen LogP contribution in [-0.4, -0.2) is 37.4 Å². The number of carbonyl (C=O) groups excluding carboxylic acids is 1. The van der Waals surface area contributed by atoms with Crippen molar-refractivity contribution in [1.29, 1.82) is 0 Å². The molecule has 1 atom stereocenters. The monoisotopic (exact) mass is 269 g/mol. The molecule has 0 radical (unpaired) electrons. The van der Waals surface area contributed by atoms with Crippen LogP contribution in [-0.2, 0) is 14.3 Å². The normalized spacial score (nSPS) is 22.6. The van der Waals surface area contributed by atoms with Crippen molar-refractivity contribution in [2.45, 2.75) is 64.0 Å². The van der Waals surface area contributed by atoms with E-state index >= 15 is 0 Å². The van der Waals surface area contributed by atoms with Gasteiger partial charge in [0.05, 0.1) is 19.3 Å². The zero-order chi connectivity index (χ0) is 13.7. The predicted octanol–water partition coefficient (Wildman–Crippen LogP) is 2.27. The lowest BCUT2D eigenvalue weighted by Gasteiger charge is -2.36. The minimum atomic E-state index is -0.596. The summed E-state index contributed by atoms with van der Waals surface area (Å²) in [5, 5.41) is 3.43. The Morgan fingerprint density at radius 2 is 2.00 bits per heavy atom. The first-order valence-corrected chi connectivity index (χ1v) is 7.76. The standard InChI is InChI=1S/C15H27NO3/c1-3-10-16-15(12-8-9-12,14(17)18-4-2)11-19-13-6-5-7-13/h12-13,16H,3-11H2,1-2H3. The molecule has 0 saturated heterocycles. The van der Waals surface area contributed by atoms with Crippen molar-refractivity contribution in [3.8, 4) is 0 Å². The summed E-state index contributed by atoms with van der Waals surface area (Å²) in [6.45, 7) is 5.72. The van der Waals surface area contributed by atoms with E-state index in [4.69, 9.17) is 9.47 Å². The molecule has 2 saturated carbocycles. The molecule has 1 unspecified atom stereocenters. The van der Waals surface area contributed by atoms with E-state index in [1.165, 1.54) is 6.42 Å². The van der Waals surface area contributed by atoms with E-state index in [-0.39, 0.29) is 5.97 Å². The molecule has 4 heteroatoms. The highest BCUT2D eigenvalue weighted by Crippen LogP contribution is 2.41. The average Bonchev–Trinajstić information content (AvgIpc) is 3.16. The van der Waals surface area contributed by atoms with Crippen molar-refractivity contribution >= 4 is 5.97 Å². The summed E-state index contributed by atoms with van der Waals surface area (Å²) in [4.78, 5) is 12.4. The maximum absolute atomic E-state index is 12.4. The van der Waals surface area contributed by atoms with Crippen LogP contribution in [0, 0.1) is 5.92 Å². The molecule has 4 nitrogen and oxygen atoms in total. The molecule has 19 heavy (non-hydrogen) atoms. The number of ether oxygens (including phenoxy) is 2. The third-order valence-electron chi connectivity index (χ3n) is 4.20. The topological polar surface area (TPSA) is 47.6 Å². The molecule has 0 heterocycles. The molecule has 0 bridgehead atoms. The third-order valence-corrected chi connectivity index (χ3v) is 4.20. The maximum atomic E-state index is 12.4. The SMILES string of the molecule is CCCNC(COC1CCC1)(C(=O)OCC)C1CC1. The van der Waals surface area contributed by atoms with E-state index in [0.29, 0.717) is 25.2 Å². The van der Waals surface area contributed by atoms with Gasteiger partial charge in [-0.05, 0) is 57.9 Å². The van der Waals surface area contributed by atoms with Crippen LogP contribution in [0.4, 0.5) is 0 Å². The lowest BCUT2D eigenvalue weighted by Crippen LogP contribution is -2.59. The van der Waals surface area contributed by atoms with Crippen LogP contribution in [0.5, 0.6) is 0 Å². The summed E-state index contributed by atoms with van der Waals surface area (Å²) in [6, 6.07) is 0. The van der Waals surface area contributed by atoms with Crippen molar-refractivity contribution in [1.82, 2.24) is 5.32 Å². The average molecular weight is 269 g/mol. The molecule has 0 aliphatic heterocycles. The Morgan fingerprint density at radius 1 is 1.26 bits per heavy atom. The number of carbonyl (C=O) groups is 1. The second-order valence-electron chi connectivity index (χ2n) is 5.76. The molecule has 0 aromatic rings. The van der Waals surface area contributed by atoms with E-state index in [1.54, 1.807) is 0 Å². The molecule has 0 aromatic carbocycles. The van der Waals surface area contributed by atoms with E-state index in [2.05, 4.69) is 12.2 Å². The summed E-state index contributed by atoms with van der Waals surface area (Å²) in [6.07, 6.45) is 7.10. The van der Waals surface area contributed by atoms with E-state index in [0.717, 1.165) is 38.6 Å². The summed E-state index contributed by atoms with van der Waals surface area (Å²) >= 11 is 0. The molecule has 1 N–H and O–H groups in total. The molecule has 2 fully saturated rings. The molecule has 2 rings (SSSR count). The first-order chi connectivity index (χ1) is 9.23. The van der Waals surface area contributed by atoms with Gasteiger partial charge in [0.2, 0.25) is 0 Å². The summed E-state index contributed by atoms with van der Waals surface area (Å²) in [7, 11) is 0. The quantitative estimate of drug-likeness (QED) is 0.652. The second kappa shape index (κ2) is 6.71. The van der Waals surface area contributed by atoms with Gasteiger partial charge in [-0.25, -0.2) is 4.79 Å². The van der Waals surface area contributed by atoms with Gasteiger partial charge in [-0.2, -0.15) is 0 Å². The van der Waals surface area contributed by atoms with Crippen LogP contribution in [0.1, 0.15) is 52.4 Å². The molecule has 0 aromatic heterocycles. The Bertz CT molecular complexity index is 300. The number of rotatable bonds is 9. The molecule has 110 valence electrons. The van der Waals surface area contributed by atoms with Gasteiger partial charge in [-0.1, -0.05) is 6.92 Å². The highest BCUT2D eigenvalue weighted by Gasteiger charge is 2.52. The third kappa shape index (κ3) is 3.48. The summed E-state index contributed by atoms with van der Waals surface area (Å²) in [5.41, 5.74) is -0.596. The van der Waals surface area contributed by atoms with E-state index in [1.807, 2.05) is 6.92 Å². The molecule has 0 amide bonds. The minimum Gasteiger partial charge on any atom is -0.465 e. The van der Waals surface area contributed by atoms with Crippen molar-refractivity contribution in [2.75, 3.05) is 19.8 Å². The molecule has 0 spiro atoms. The highest BCUT2D eigenvalue weighted by molar-refractivity contribution is 5.82. The zero-order valence-corrected chi connectivity index (χ0v) is 12.2. The second-order valence-corrected chi connectivity index (χ2v) is 5.76. The Kier molecular flexibility index (Phi) is 5.22. The fourth-order valence-electron chi connectivity index (χ4n) is 2.58. The summed E-state index contributed by atoms with van der Waals surface area (Å²) < 4.78 is 11.3. The predicted molar refractivity (Wildman–Crippen MR) is 74.0 cm³/mol. The number of hydrogen-bond acceptors (Lipinski definition) is 4. The van der Waals surface area contributed by atoms with Gasteiger partial charge in [-0.3, -0.25) is 5.32 Å². The van der Waals surface area contributed by atoms with Crippen molar-refractivity contribution in [3.63, 3.8) is 0 Å². The van der Waals surface area contributed by atoms with E-state index < -0.39 is 5.54 Å². The fraction of sp³-hybridized carbons (Fsp3) is 0.933. The maximum Gasteiger partial charge on any atom is 0.329 e. The van der Waals surface area contributed by atoms with Crippen molar-refractivity contribution < 1.29 is 14.3 Å². The Morgan fingerprint density at radius 3 is 2.47 bits per heavy atom. The molecular weight excluding hydrogens is 242 g/mol. The smallest absolute Gasteiger partial charge is 0.329 e. The van der Waals surface area contributed by atoms with Crippen LogP contribution in [0.3, 0.4) is 0 Å². The molecule has 2 aliphatic carbocycles. The summed E-state index contributed by atoms with van der Waals surface area (Å²) in [5.74, 6) is 0.267. The van der Waals surface area contributed by atoms with Gasteiger partial charge < -0.3 is 9.47 Å². The lowest BCUT2D eigenvalue weighted by atomic mass is 9.92. The van der Waals surface area contributed by atoms with Crippen LogP contribution >= 0.6 is 0 Å². The van der Waals surface area contributed by atoms with Gasteiger partial charge in [0, 0.05) is 0 Å². The first-order valence-electron chi connectivity index (χ1n) is 7.76. The van der Waals surface area contributed by atoms with Crippen LogP contribution in [0.2, 0.25) is 0 Å². The number of hydrogen-bond donors (Lipinski definition) is 1. The van der Waals surface area contributed by atoms with E-state index in [9.17, 15) is 4.79 Å². The zero-order valence-electron chi connectivity index (χ0n) is 12.2. The largest absolute Gasteiger partial charge is 0.465 e. The highest BCUT2D eigenvalue weighted by atomic mass is 16.5. The van der Waals surface area contributed by atoms with Gasteiger partial charge >= 0.3 is 5.97 Å². The van der Waals surface area contributed by atoms with Gasteiger partial charge in [-0.15, -0.1) is 0 Å². The first kappa shape index (κ1) is 14.8. The fourth-order valence-corrected chi connectivity index (χ4v) is 2.58. The van der Waals surface area contributed by atoms with Crippen molar-refractivity contribution in [2.24, 2.45) is 5.92 Å². The van der Waals surface area contributed by atoms with Crippen molar-refractivity contribution in [3.05, 3.63) is 0 Å². The van der Waals surface area contributed by atoms with Crippen LogP contribution in [0.25, 0.3) is 0 Å². The lowest BCUT2D eigenvalue weighted by molar-refractivity contribution is -0.158. The minimum absolute atomic E-state index is 0.120. The van der Waals surface area contributed by atoms with Gasteiger partial charge in [0.15, 0.2) is 0 Å². The number of esters is 1. The Labute approximate surface area is 116 Å². The molecular formula is C15H27NO3. The van der Waals surface area contributed by atoms with Gasteiger partial charge in [0.1, 0.15) is 5.54 Å². The molecule has 2 aliphatic rings. The Balaban J connectivity index is 2.00. The van der Waals surface area contributed by atoms with Crippen LogP contribution < -0.4 is 5.32 Å².